The summed E-state index contributed by atoms with van der Waals surface area (Å²) in [5.74, 6) is -0.948. The normalized spacial score (nSPS) is 11.4. The average molecular weight is 263 g/mol. The van der Waals surface area contributed by atoms with E-state index < -0.39 is 24.3 Å². The maximum Gasteiger partial charge on any atom is 0.389 e. The van der Waals surface area contributed by atoms with Crippen molar-refractivity contribution in [2.24, 2.45) is 0 Å². The summed E-state index contributed by atoms with van der Waals surface area (Å²) in [4.78, 5) is 11.6. The van der Waals surface area contributed by atoms with E-state index in [0.717, 1.165) is 6.07 Å². The molecule has 0 aliphatic carbocycles. The Morgan fingerprint density at radius 3 is 2.56 bits per heavy atom. The number of carbonyl (C=O) groups excluding carboxylic acids is 1. The molecule has 1 N–H and O–H groups in total. The van der Waals surface area contributed by atoms with E-state index in [0.29, 0.717) is 5.56 Å². The molecule has 0 aromatic heterocycles. The Kier molecular flexibility index (Phi) is 4.69. The molecule has 0 fully saturated rings. The molecule has 100 valence electrons. The van der Waals surface area contributed by atoms with Gasteiger partial charge in [-0.1, -0.05) is 0 Å². The van der Waals surface area contributed by atoms with E-state index in [9.17, 15) is 22.4 Å². The summed E-state index contributed by atoms with van der Waals surface area (Å²) in [7, 11) is 0. The van der Waals surface area contributed by atoms with Crippen LogP contribution in [0.1, 0.15) is 28.8 Å². The molecule has 2 nitrogen and oxygen atoms in total. The van der Waals surface area contributed by atoms with Gasteiger partial charge >= 0.3 is 6.18 Å². The largest absolute Gasteiger partial charge is 0.389 e. The first-order valence-electron chi connectivity index (χ1n) is 5.41. The van der Waals surface area contributed by atoms with Gasteiger partial charge in [-0.15, -0.1) is 0 Å². The van der Waals surface area contributed by atoms with Gasteiger partial charge in [-0.3, -0.25) is 4.79 Å². The lowest BCUT2D eigenvalue weighted by atomic mass is 10.1. The first kappa shape index (κ1) is 14.5. The standard InChI is InChI=1S/C12H13F4NO/c1-8-7-9(13)3-4-10(8)11(18)17-6-2-5-12(14,15)16/h3-4,7H,2,5-6H2,1H3,(H,17,18). The fraction of sp³-hybridized carbons (Fsp3) is 0.417. The van der Waals surface area contributed by atoms with Gasteiger partial charge in [0.25, 0.3) is 5.91 Å². The number of alkyl halides is 3. The smallest absolute Gasteiger partial charge is 0.352 e. The van der Waals surface area contributed by atoms with E-state index in [2.05, 4.69) is 5.32 Å². The van der Waals surface area contributed by atoms with Crippen molar-refractivity contribution in [2.75, 3.05) is 6.54 Å². The summed E-state index contributed by atoms with van der Waals surface area (Å²) in [6.07, 6.45) is -5.32. The highest BCUT2D eigenvalue weighted by molar-refractivity contribution is 5.95. The molecule has 1 amide bonds. The first-order chi connectivity index (χ1) is 8.29. The number of hydrogen-bond donors (Lipinski definition) is 1. The third-order valence-corrected chi connectivity index (χ3v) is 2.36. The number of halogens is 4. The summed E-state index contributed by atoms with van der Waals surface area (Å²) < 4.78 is 48.4. The third-order valence-electron chi connectivity index (χ3n) is 2.36. The predicted octanol–water partition coefficient (Wildman–Crippen LogP) is 3.21. The zero-order chi connectivity index (χ0) is 13.8. The molecule has 6 heteroatoms. The minimum atomic E-state index is -4.21. The van der Waals surface area contributed by atoms with Crippen LogP contribution in [0.3, 0.4) is 0 Å². The topological polar surface area (TPSA) is 29.1 Å². The minimum Gasteiger partial charge on any atom is -0.352 e. The minimum absolute atomic E-state index is 0.0604. The molecular formula is C12H13F4NO. The molecule has 0 aliphatic heterocycles. The molecule has 1 aromatic carbocycles. The summed E-state index contributed by atoms with van der Waals surface area (Å²) in [5.41, 5.74) is 0.715. The van der Waals surface area contributed by atoms with Crippen LogP contribution in [0, 0.1) is 12.7 Å². The number of benzene rings is 1. The lowest BCUT2D eigenvalue weighted by Crippen LogP contribution is -2.26. The molecule has 0 unspecified atom stereocenters. The SMILES string of the molecule is Cc1cc(F)ccc1C(=O)NCCCC(F)(F)F. The first-order valence-corrected chi connectivity index (χ1v) is 5.41. The Morgan fingerprint density at radius 1 is 1.33 bits per heavy atom. The lowest BCUT2D eigenvalue weighted by molar-refractivity contribution is -0.135. The van der Waals surface area contributed by atoms with Crippen LogP contribution in [0.2, 0.25) is 0 Å². The molecule has 0 saturated heterocycles. The van der Waals surface area contributed by atoms with Gasteiger partial charge in [-0.2, -0.15) is 13.2 Å². The molecule has 0 heterocycles. The number of rotatable bonds is 4. The number of nitrogens with one attached hydrogen (secondary N) is 1. The van der Waals surface area contributed by atoms with Crippen molar-refractivity contribution in [1.82, 2.24) is 5.32 Å². The van der Waals surface area contributed by atoms with E-state index in [1.165, 1.54) is 12.1 Å². The van der Waals surface area contributed by atoms with Crippen LogP contribution in [-0.2, 0) is 0 Å². The highest BCUT2D eigenvalue weighted by Crippen LogP contribution is 2.20. The fourth-order valence-electron chi connectivity index (χ4n) is 1.47. The van der Waals surface area contributed by atoms with E-state index in [1.54, 1.807) is 6.92 Å². The quantitative estimate of drug-likeness (QED) is 0.656. The summed E-state index contributed by atoms with van der Waals surface area (Å²) >= 11 is 0. The summed E-state index contributed by atoms with van der Waals surface area (Å²) in [6, 6.07) is 3.64. The zero-order valence-corrected chi connectivity index (χ0v) is 9.77. The van der Waals surface area contributed by atoms with Gasteiger partial charge in [0.05, 0.1) is 0 Å². The number of amides is 1. The van der Waals surface area contributed by atoms with Crippen LogP contribution in [0.5, 0.6) is 0 Å². The molecule has 0 radical (unpaired) electrons. The molecule has 1 rings (SSSR count). The maximum absolute atomic E-state index is 12.8. The number of aryl methyl sites for hydroxylation is 1. The molecule has 18 heavy (non-hydrogen) atoms. The molecule has 0 aliphatic rings. The van der Waals surface area contributed by atoms with E-state index >= 15 is 0 Å². The second-order valence-electron chi connectivity index (χ2n) is 3.93. The fourth-order valence-corrected chi connectivity index (χ4v) is 1.47. The lowest BCUT2D eigenvalue weighted by Gasteiger charge is -2.09. The highest BCUT2D eigenvalue weighted by atomic mass is 19.4. The van der Waals surface area contributed by atoms with Crippen LogP contribution in [0.4, 0.5) is 17.6 Å². The van der Waals surface area contributed by atoms with Crippen molar-refractivity contribution in [3.8, 4) is 0 Å². The number of carbonyl (C=O) groups is 1. The molecule has 0 bridgehead atoms. The van der Waals surface area contributed by atoms with Gasteiger partial charge in [0, 0.05) is 18.5 Å². The molecule has 0 spiro atoms. The van der Waals surface area contributed by atoms with Gasteiger partial charge in [0.2, 0.25) is 0 Å². The Balaban J connectivity index is 2.46. The molecule has 1 aromatic rings. The van der Waals surface area contributed by atoms with Crippen LogP contribution in [-0.4, -0.2) is 18.6 Å². The third kappa shape index (κ3) is 4.73. The second kappa shape index (κ2) is 5.84. The Hall–Kier alpha value is -1.59. The second-order valence-corrected chi connectivity index (χ2v) is 3.93. The van der Waals surface area contributed by atoms with Crippen molar-refractivity contribution in [2.45, 2.75) is 25.9 Å². The van der Waals surface area contributed by atoms with E-state index in [1.807, 2.05) is 0 Å². The highest BCUT2D eigenvalue weighted by Gasteiger charge is 2.26. The maximum atomic E-state index is 12.8. The van der Waals surface area contributed by atoms with Gasteiger partial charge in [0.1, 0.15) is 5.82 Å². The van der Waals surface area contributed by atoms with E-state index in [4.69, 9.17) is 0 Å². The van der Waals surface area contributed by atoms with E-state index in [-0.39, 0.29) is 18.5 Å². The molecular weight excluding hydrogens is 250 g/mol. The monoisotopic (exact) mass is 263 g/mol. The van der Waals surface area contributed by atoms with Crippen LogP contribution in [0.25, 0.3) is 0 Å². The van der Waals surface area contributed by atoms with Gasteiger partial charge < -0.3 is 5.32 Å². The molecule has 0 saturated carbocycles. The summed E-state index contributed by atoms with van der Waals surface area (Å²) in [6.45, 7) is 1.50. The van der Waals surface area contributed by atoms with Crippen LogP contribution < -0.4 is 5.32 Å². The summed E-state index contributed by atoms with van der Waals surface area (Å²) in [5, 5.41) is 2.37. The average Bonchev–Trinajstić information content (AvgIpc) is 2.22. The van der Waals surface area contributed by atoms with Gasteiger partial charge in [0.15, 0.2) is 0 Å². The Bertz CT molecular complexity index is 429. The predicted molar refractivity (Wildman–Crippen MR) is 58.8 cm³/mol. The van der Waals surface area contributed by atoms with Crippen molar-refractivity contribution in [3.05, 3.63) is 35.1 Å². The van der Waals surface area contributed by atoms with Crippen molar-refractivity contribution < 1.29 is 22.4 Å². The van der Waals surface area contributed by atoms with Crippen LogP contribution in [0.15, 0.2) is 18.2 Å². The Labute approximate surface area is 102 Å². The molecule has 0 atom stereocenters. The van der Waals surface area contributed by atoms with Gasteiger partial charge in [-0.25, -0.2) is 4.39 Å². The van der Waals surface area contributed by atoms with Crippen molar-refractivity contribution in [3.63, 3.8) is 0 Å². The number of hydrogen-bond acceptors (Lipinski definition) is 1. The van der Waals surface area contributed by atoms with Crippen molar-refractivity contribution in [1.29, 1.82) is 0 Å². The van der Waals surface area contributed by atoms with Gasteiger partial charge in [-0.05, 0) is 37.1 Å². The Morgan fingerprint density at radius 2 is 2.00 bits per heavy atom. The van der Waals surface area contributed by atoms with Crippen LogP contribution >= 0.6 is 0 Å². The van der Waals surface area contributed by atoms with Crippen molar-refractivity contribution >= 4 is 5.91 Å². The zero-order valence-electron chi connectivity index (χ0n) is 9.77.